The van der Waals surface area contributed by atoms with Crippen LogP contribution in [0.15, 0.2) is 24.3 Å². The van der Waals surface area contributed by atoms with Gasteiger partial charge in [-0.25, -0.2) is 0 Å². The fourth-order valence-electron chi connectivity index (χ4n) is 1.33. The lowest BCUT2D eigenvalue weighted by atomic mass is 9.92. The first-order valence-electron chi connectivity index (χ1n) is 4.64. The maximum Gasteiger partial charge on any atom is 0.0605 e. The molecule has 0 aliphatic carbocycles. The van der Waals surface area contributed by atoms with Gasteiger partial charge in [-0.05, 0) is 18.9 Å². The average molecular weight is 168 g/mol. The highest BCUT2D eigenvalue weighted by molar-refractivity contribution is 5.19. The monoisotopic (exact) mass is 168 g/mol. The van der Waals surface area contributed by atoms with Crippen molar-refractivity contribution in [2.24, 2.45) is 5.92 Å². The maximum absolute atomic E-state index is 9.66. The molecule has 0 aliphatic rings. The Morgan fingerprint density at radius 3 is 2.50 bits per heavy atom. The van der Waals surface area contributed by atoms with Crippen molar-refractivity contribution in [2.75, 3.05) is 0 Å². The number of hydrogen-bond acceptors (Lipinski definition) is 1. The Bertz CT molecular complexity index is 158. The van der Waals surface area contributed by atoms with Crippen LogP contribution >= 0.6 is 0 Å². The predicted octanol–water partition coefficient (Wildman–Crippen LogP) is 2.92. The number of aliphatic hydroxyl groups excluding tert-OH is 1. The first-order chi connectivity index (χ1) is 5.67. The summed E-state index contributed by atoms with van der Waals surface area (Å²) in [6.07, 6.45) is 5.51. The zero-order valence-corrected chi connectivity index (χ0v) is 8.38. The Labute approximate surface area is 75.8 Å². The van der Waals surface area contributed by atoms with Gasteiger partial charge >= 0.3 is 0 Å². The summed E-state index contributed by atoms with van der Waals surface area (Å²) < 4.78 is 0. The van der Waals surface area contributed by atoms with Crippen molar-refractivity contribution in [3.05, 3.63) is 24.3 Å². The van der Waals surface area contributed by atoms with Gasteiger partial charge < -0.3 is 5.11 Å². The summed E-state index contributed by atoms with van der Waals surface area (Å²) in [7, 11) is 0. The minimum atomic E-state index is -0.223. The Balaban J connectivity index is 4.15. The standard InChI is InChI=1S/C11H20O/c1-5-8-11(12)9(4)10(6-2)7-3/h6-7,9,11-12H,2,5,8H2,1,3-4H3/b10-7+. The normalized spacial score (nSPS) is 17.2. The molecular weight excluding hydrogens is 148 g/mol. The third kappa shape index (κ3) is 3.22. The Kier molecular flexibility index (Phi) is 5.73. The predicted molar refractivity (Wildman–Crippen MR) is 54.0 cm³/mol. The van der Waals surface area contributed by atoms with Gasteiger partial charge in [-0.3, -0.25) is 0 Å². The van der Waals surface area contributed by atoms with Gasteiger partial charge in [-0.1, -0.05) is 39.0 Å². The van der Waals surface area contributed by atoms with Crippen LogP contribution in [0, 0.1) is 5.92 Å². The number of aliphatic hydroxyl groups is 1. The van der Waals surface area contributed by atoms with Gasteiger partial charge in [0.25, 0.3) is 0 Å². The molecule has 1 nitrogen and oxygen atoms in total. The largest absolute Gasteiger partial charge is 0.393 e. The SMILES string of the molecule is C=C/C(=C\C)C(C)C(O)CCC. The third-order valence-electron chi connectivity index (χ3n) is 2.26. The summed E-state index contributed by atoms with van der Waals surface area (Å²) in [5.41, 5.74) is 1.14. The highest BCUT2D eigenvalue weighted by atomic mass is 16.3. The van der Waals surface area contributed by atoms with Crippen molar-refractivity contribution in [1.29, 1.82) is 0 Å². The molecule has 0 bridgehead atoms. The smallest absolute Gasteiger partial charge is 0.0605 e. The van der Waals surface area contributed by atoms with E-state index in [1.54, 1.807) is 0 Å². The average Bonchev–Trinajstić information content (AvgIpc) is 2.07. The summed E-state index contributed by atoms with van der Waals surface area (Å²) in [5, 5.41) is 9.66. The molecule has 0 fully saturated rings. The zero-order valence-electron chi connectivity index (χ0n) is 8.38. The van der Waals surface area contributed by atoms with E-state index in [2.05, 4.69) is 13.5 Å². The number of hydrogen-bond donors (Lipinski definition) is 1. The molecule has 0 aromatic rings. The summed E-state index contributed by atoms with van der Waals surface area (Å²) in [4.78, 5) is 0. The molecular formula is C11H20O. The molecule has 0 saturated heterocycles. The highest BCUT2D eigenvalue weighted by Crippen LogP contribution is 2.18. The molecule has 2 atom stereocenters. The zero-order chi connectivity index (χ0) is 9.56. The van der Waals surface area contributed by atoms with E-state index >= 15 is 0 Å². The van der Waals surface area contributed by atoms with Crippen molar-refractivity contribution in [2.45, 2.75) is 39.7 Å². The molecule has 12 heavy (non-hydrogen) atoms. The quantitative estimate of drug-likeness (QED) is 0.626. The van der Waals surface area contributed by atoms with Crippen molar-refractivity contribution in [3.8, 4) is 0 Å². The van der Waals surface area contributed by atoms with E-state index in [1.807, 2.05) is 26.0 Å². The molecule has 1 heteroatoms. The Hall–Kier alpha value is -0.560. The molecule has 0 heterocycles. The van der Waals surface area contributed by atoms with Crippen LogP contribution in [-0.4, -0.2) is 11.2 Å². The third-order valence-corrected chi connectivity index (χ3v) is 2.26. The number of allylic oxidation sites excluding steroid dienone is 2. The van der Waals surface area contributed by atoms with Crippen LogP contribution in [0.2, 0.25) is 0 Å². The molecule has 0 saturated carbocycles. The molecule has 0 aromatic heterocycles. The molecule has 0 aromatic carbocycles. The first kappa shape index (κ1) is 11.4. The van der Waals surface area contributed by atoms with Crippen LogP contribution in [0.3, 0.4) is 0 Å². The van der Waals surface area contributed by atoms with E-state index in [9.17, 15) is 5.11 Å². The van der Waals surface area contributed by atoms with E-state index in [1.165, 1.54) is 0 Å². The van der Waals surface area contributed by atoms with E-state index in [4.69, 9.17) is 0 Å². The molecule has 70 valence electrons. The lowest BCUT2D eigenvalue weighted by molar-refractivity contribution is 0.124. The van der Waals surface area contributed by atoms with Gasteiger partial charge in [0.1, 0.15) is 0 Å². The van der Waals surface area contributed by atoms with Crippen LogP contribution in [-0.2, 0) is 0 Å². The summed E-state index contributed by atoms with van der Waals surface area (Å²) >= 11 is 0. The molecule has 0 radical (unpaired) electrons. The van der Waals surface area contributed by atoms with E-state index in [0.29, 0.717) is 0 Å². The number of rotatable bonds is 5. The molecule has 0 rings (SSSR count). The lowest BCUT2D eigenvalue weighted by Gasteiger charge is -2.19. The van der Waals surface area contributed by atoms with Gasteiger partial charge in [0.05, 0.1) is 6.10 Å². The van der Waals surface area contributed by atoms with Crippen molar-refractivity contribution in [3.63, 3.8) is 0 Å². The summed E-state index contributed by atoms with van der Waals surface area (Å²) in [6.45, 7) is 9.82. The van der Waals surface area contributed by atoms with Gasteiger partial charge in [-0.2, -0.15) is 0 Å². The summed E-state index contributed by atoms with van der Waals surface area (Å²) in [6, 6.07) is 0. The van der Waals surface area contributed by atoms with Crippen LogP contribution in [0.5, 0.6) is 0 Å². The Morgan fingerprint density at radius 2 is 2.17 bits per heavy atom. The second kappa shape index (κ2) is 6.01. The molecule has 1 N–H and O–H groups in total. The van der Waals surface area contributed by atoms with Crippen LogP contribution in [0.1, 0.15) is 33.6 Å². The van der Waals surface area contributed by atoms with Crippen LogP contribution < -0.4 is 0 Å². The second-order valence-corrected chi connectivity index (χ2v) is 3.14. The maximum atomic E-state index is 9.66. The van der Waals surface area contributed by atoms with Gasteiger partial charge in [0.2, 0.25) is 0 Å². The van der Waals surface area contributed by atoms with E-state index in [-0.39, 0.29) is 12.0 Å². The van der Waals surface area contributed by atoms with Gasteiger partial charge in [-0.15, -0.1) is 0 Å². The van der Waals surface area contributed by atoms with Crippen molar-refractivity contribution >= 4 is 0 Å². The summed E-state index contributed by atoms with van der Waals surface area (Å²) in [5.74, 6) is 0.215. The highest BCUT2D eigenvalue weighted by Gasteiger charge is 2.14. The lowest BCUT2D eigenvalue weighted by Crippen LogP contribution is -2.18. The van der Waals surface area contributed by atoms with E-state index < -0.39 is 0 Å². The molecule has 2 unspecified atom stereocenters. The van der Waals surface area contributed by atoms with Crippen molar-refractivity contribution in [1.82, 2.24) is 0 Å². The van der Waals surface area contributed by atoms with Gasteiger partial charge in [0.15, 0.2) is 0 Å². The fraction of sp³-hybridized carbons (Fsp3) is 0.636. The van der Waals surface area contributed by atoms with Crippen molar-refractivity contribution < 1.29 is 5.11 Å². The van der Waals surface area contributed by atoms with Gasteiger partial charge in [0, 0.05) is 5.92 Å². The minimum absolute atomic E-state index is 0.215. The molecule has 0 spiro atoms. The minimum Gasteiger partial charge on any atom is -0.393 e. The molecule has 0 aliphatic heterocycles. The second-order valence-electron chi connectivity index (χ2n) is 3.14. The van der Waals surface area contributed by atoms with Crippen LogP contribution in [0.25, 0.3) is 0 Å². The fourth-order valence-corrected chi connectivity index (χ4v) is 1.33. The topological polar surface area (TPSA) is 20.2 Å². The van der Waals surface area contributed by atoms with E-state index in [0.717, 1.165) is 18.4 Å². The Morgan fingerprint density at radius 1 is 1.58 bits per heavy atom. The first-order valence-corrected chi connectivity index (χ1v) is 4.64. The molecule has 0 amide bonds. The van der Waals surface area contributed by atoms with Crippen LogP contribution in [0.4, 0.5) is 0 Å².